The highest BCUT2D eigenvalue weighted by Gasteiger charge is 2.36. The van der Waals surface area contributed by atoms with Gasteiger partial charge in [-0.25, -0.2) is 13.6 Å². The number of fused-ring (bicyclic) bond motifs is 1. The van der Waals surface area contributed by atoms with Crippen molar-refractivity contribution in [2.24, 2.45) is 0 Å². The van der Waals surface area contributed by atoms with Gasteiger partial charge < -0.3 is 0 Å². The van der Waals surface area contributed by atoms with E-state index in [-0.39, 0.29) is 18.3 Å². The molecule has 23 heavy (non-hydrogen) atoms. The Balaban J connectivity index is 1.85. The molecule has 1 aliphatic heterocycles. The number of hydrogen-bond acceptors (Lipinski definition) is 2. The number of nitrogens with zero attached hydrogens (tertiary/aromatic N) is 3. The molecule has 0 bridgehead atoms. The molecule has 116 valence electrons. The first kappa shape index (κ1) is 13.9. The second kappa shape index (κ2) is 5.15. The third-order valence-electron chi connectivity index (χ3n) is 4.11. The standard InChI is InChI=1S/C17H13F2N3O/c18-12-6-8-13(9-7-12)22-17(23)21-15(10-14(19)16(21)20-22)11-4-2-1-3-5-11/h1-9,14-15H,10H2/t14-,15+/m1/s1. The summed E-state index contributed by atoms with van der Waals surface area (Å²) >= 11 is 0. The Labute approximate surface area is 130 Å². The molecule has 4 nitrogen and oxygen atoms in total. The van der Waals surface area contributed by atoms with Crippen LogP contribution in [0.25, 0.3) is 5.69 Å². The van der Waals surface area contributed by atoms with Crippen molar-refractivity contribution in [2.45, 2.75) is 18.6 Å². The summed E-state index contributed by atoms with van der Waals surface area (Å²) in [4.78, 5) is 12.7. The van der Waals surface area contributed by atoms with Gasteiger partial charge in [0.05, 0.1) is 11.7 Å². The molecule has 0 spiro atoms. The lowest BCUT2D eigenvalue weighted by Gasteiger charge is -2.11. The molecule has 0 fully saturated rings. The van der Waals surface area contributed by atoms with Crippen LogP contribution < -0.4 is 5.69 Å². The van der Waals surface area contributed by atoms with Crippen molar-refractivity contribution in [2.75, 3.05) is 0 Å². The van der Waals surface area contributed by atoms with Gasteiger partial charge in [-0.3, -0.25) is 4.57 Å². The normalized spacial score (nSPS) is 19.7. The molecule has 1 aliphatic rings. The smallest absolute Gasteiger partial charge is 0.268 e. The third-order valence-corrected chi connectivity index (χ3v) is 4.11. The summed E-state index contributed by atoms with van der Waals surface area (Å²) in [7, 11) is 0. The molecule has 0 saturated heterocycles. The lowest BCUT2D eigenvalue weighted by molar-refractivity contribution is 0.325. The first-order chi connectivity index (χ1) is 11.1. The van der Waals surface area contributed by atoms with Crippen molar-refractivity contribution in [1.29, 1.82) is 0 Å². The summed E-state index contributed by atoms with van der Waals surface area (Å²) in [5.41, 5.74) is 0.868. The topological polar surface area (TPSA) is 39.8 Å². The first-order valence-electron chi connectivity index (χ1n) is 7.31. The fourth-order valence-electron chi connectivity index (χ4n) is 3.02. The predicted octanol–water partition coefficient (Wildman–Crippen LogP) is 3.18. The highest BCUT2D eigenvalue weighted by atomic mass is 19.1. The highest BCUT2D eigenvalue weighted by Crippen LogP contribution is 2.38. The SMILES string of the molecule is O=c1n(-c2ccc(F)cc2)nc2n1[C@H](c1ccccc1)C[C@H]2F. The maximum absolute atomic E-state index is 14.3. The van der Waals surface area contributed by atoms with Gasteiger partial charge in [-0.1, -0.05) is 30.3 Å². The van der Waals surface area contributed by atoms with E-state index in [2.05, 4.69) is 5.10 Å². The molecule has 1 aromatic heterocycles. The van der Waals surface area contributed by atoms with Crippen LogP contribution >= 0.6 is 0 Å². The quantitative estimate of drug-likeness (QED) is 0.729. The van der Waals surface area contributed by atoms with Crippen LogP contribution in [-0.2, 0) is 0 Å². The number of benzene rings is 2. The lowest BCUT2D eigenvalue weighted by atomic mass is 10.0. The number of aromatic nitrogens is 3. The monoisotopic (exact) mass is 313 g/mol. The van der Waals surface area contributed by atoms with E-state index in [1.165, 1.54) is 28.8 Å². The minimum absolute atomic E-state index is 0.119. The Bertz CT molecular complexity index is 900. The van der Waals surface area contributed by atoms with Crippen LogP contribution in [0.5, 0.6) is 0 Å². The molecule has 0 saturated carbocycles. The van der Waals surface area contributed by atoms with Gasteiger partial charge in [0.15, 0.2) is 12.0 Å². The van der Waals surface area contributed by atoms with Crippen molar-refractivity contribution < 1.29 is 8.78 Å². The van der Waals surface area contributed by atoms with Gasteiger partial charge >= 0.3 is 5.69 Å². The van der Waals surface area contributed by atoms with Gasteiger partial charge in [0.2, 0.25) is 0 Å². The fourth-order valence-corrected chi connectivity index (χ4v) is 3.02. The molecule has 3 aromatic rings. The molecule has 6 heteroatoms. The summed E-state index contributed by atoms with van der Waals surface area (Å²) in [6.07, 6.45) is -1.10. The van der Waals surface area contributed by atoms with Crippen LogP contribution in [0.4, 0.5) is 8.78 Å². The highest BCUT2D eigenvalue weighted by molar-refractivity contribution is 5.32. The molecule has 2 atom stereocenters. The molecule has 2 heterocycles. The zero-order chi connectivity index (χ0) is 16.0. The minimum atomic E-state index is -1.30. The Kier molecular flexibility index (Phi) is 3.11. The zero-order valence-corrected chi connectivity index (χ0v) is 12.1. The van der Waals surface area contributed by atoms with Gasteiger partial charge in [-0.05, 0) is 29.8 Å². The van der Waals surface area contributed by atoms with Crippen LogP contribution in [0.2, 0.25) is 0 Å². The van der Waals surface area contributed by atoms with Gasteiger partial charge in [-0.2, -0.15) is 4.68 Å². The van der Waals surface area contributed by atoms with Crippen molar-refractivity contribution in [1.82, 2.24) is 14.3 Å². The van der Waals surface area contributed by atoms with Crippen LogP contribution in [0.3, 0.4) is 0 Å². The Morgan fingerprint density at radius 2 is 1.74 bits per heavy atom. The summed E-state index contributed by atoms with van der Waals surface area (Å²) in [6.45, 7) is 0. The summed E-state index contributed by atoms with van der Waals surface area (Å²) in [5, 5.41) is 4.12. The van der Waals surface area contributed by atoms with Crippen molar-refractivity contribution >= 4 is 0 Å². The van der Waals surface area contributed by atoms with E-state index >= 15 is 0 Å². The van der Waals surface area contributed by atoms with E-state index < -0.39 is 17.7 Å². The number of rotatable bonds is 2. The van der Waals surface area contributed by atoms with E-state index in [0.29, 0.717) is 5.69 Å². The van der Waals surface area contributed by atoms with Gasteiger partial charge in [0.25, 0.3) is 0 Å². The fraction of sp³-hybridized carbons (Fsp3) is 0.176. The number of hydrogen-bond donors (Lipinski definition) is 0. The summed E-state index contributed by atoms with van der Waals surface area (Å²) < 4.78 is 29.9. The van der Waals surface area contributed by atoms with E-state index in [4.69, 9.17) is 0 Å². The van der Waals surface area contributed by atoms with Crippen molar-refractivity contribution in [3.05, 3.63) is 82.3 Å². The second-order valence-corrected chi connectivity index (χ2v) is 5.53. The molecule has 0 amide bonds. The molecule has 0 radical (unpaired) electrons. The molecule has 2 aromatic carbocycles. The van der Waals surface area contributed by atoms with Crippen LogP contribution in [0.1, 0.15) is 30.0 Å². The largest absolute Gasteiger partial charge is 0.351 e. The van der Waals surface area contributed by atoms with Gasteiger partial charge in [0, 0.05) is 6.42 Å². The van der Waals surface area contributed by atoms with Crippen LogP contribution in [0.15, 0.2) is 59.4 Å². The molecule has 0 unspecified atom stereocenters. The molecular weight excluding hydrogens is 300 g/mol. The van der Waals surface area contributed by atoms with E-state index in [0.717, 1.165) is 10.2 Å². The van der Waals surface area contributed by atoms with Crippen molar-refractivity contribution in [3.8, 4) is 5.69 Å². The third kappa shape index (κ3) is 2.18. The summed E-state index contributed by atoms with van der Waals surface area (Å²) in [5.74, 6) is -0.285. The second-order valence-electron chi connectivity index (χ2n) is 5.53. The molecule has 4 rings (SSSR count). The zero-order valence-electron chi connectivity index (χ0n) is 12.1. The van der Waals surface area contributed by atoms with Crippen LogP contribution in [0, 0.1) is 5.82 Å². The average Bonchev–Trinajstić information content (AvgIpc) is 3.08. The van der Waals surface area contributed by atoms with Crippen molar-refractivity contribution in [3.63, 3.8) is 0 Å². The maximum Gasteiger partial charge on any atom is 0.351 e. The van der Waals surface area contributed by atoms with Gasteiger partial charge in [-0.15, -0.1) is 5.10 Å². The van der Waals surface area contributed by atoms with E-state index in [9.17, 15) is 13.6 Å². The summed E-state index contributed by atoms with van der Waals surface area (Å²) in [6, 6.07) is 14.3. The maximum atomic E-state index is 14.3. The molecule has 0 N–H and O–H groups in total. The Morgan fingerprint density at radius 3 is 2.43 bits per heavy atom. The van der Waals surface area contributed by atoms with E-state index in [1.807, 2.05) is 30.3 Å². The van der Waals surface area contributed by atoms with Gasteiger partial charge in [0.1, 0.15) is 5.82 Å². The average molecular weight is 313 g/mol. The molecule has 0 aliphatic carbocycles. The number of halogens is 2. The minimum Gasteiger partial charge on any atom is -0.268 e. The molecular formula is C17H13F2N3O. The number of alkyl halides is 1. The Hall–Kier alpha value is -2.76. The van der Waals surface area contributed by atoms with Crippen LogP contribution in [-0.4, -0.2) is 14.3 Å². The Morgan fingerprint density at radius 1 is 1.04 bits per heavy atom. The predicted molar refractivity (Wildman–Crippen MR) is 80.8 cm³/mol. The first-order valence-corrected chi connectivity index (χ1v) is 7.31. The van der Waals surface area contributed by atoms with E-state index in [1.54, 1.807) is 0 Å². The lowest BCUT2D eigenvalue weighted by Crippen LogP contribution is -2.26.